The van der Waals surface area contributed by atoms with E-state index in [2.05, 4.69) is 17.4 Å². The SMILES string of the molecule is CNCc1cccc(SCC(=O)N(C)C)c1. The summed E-state index contributed by atoms with van der Waals surface area (Å²) in [6.07, 6.45) is 0. The summed E-state index contributed by atoms with van der Waals surface area (Å²) in [5.41, 5.74) is 1.24. The Balaban J connectivity index is 2.53. The Labute approximate surface area is 101 Å². The van der Waals surface area contributed by atoms with Crippen LogP contribution in [0, 0.1) is 0 Å². The smallest absolute Gasteiger partial charge is 0.232 e. The number of amides is 1. The molecule has 0 atom stereocenters. The van der Waals surface area contributed by atoms with Crippen LogP contribution in [0.1, 0.15) is 5.56 Å². The molecule has 0 aromatic heterocycles. The maximum Gasteiger partial charge on any atom is 0.232 e. The molecule has 1 amide bonds. The van der Waals surface area contributed by atoms with Gasteiger partial charge in [-0.05, 0) is 24.7 Å². The largest absolute Gasteiger partial charge is 0.348 e. The second-order valence-corrected chi connectivity index (χ2v) is 4.80. The first kappa shape index (κ1) is 13.1. The first-order valence-corrected chi connectivity index (χ1v) is 6.18. The minimum atomic E-state index is 0.143. The Bertz CT molecular complexity index is 353. The molecule has 1 rings (SSSR count). The van der Waals surface area contributed by atoms with Gasteiger partial charge in [-0.1, -0.05) is 12.1 Å². The summed E-state index contributed by atoms with van der Waals surface area (Å²) in [6.45, 7) is 0.857. The average molecular weight is 238 g/mol. The number of carbonyl (C=O) groups is 1. The summed E-state index contributed by atoms with van der Waals surface area (Å²) >= 11 is 1.58. The highest BCUT2D eigenvalue weighted by atomic mass is 32.2. The fourth-order valence-corrected chi connectivity index (χ4v) is 2.18. The molecular formula is C12H18N2OS. The molecule has 1 aromatic carbocycles. The normalized spacial score (nSPS) is 10.2. The van der Waals surface area contributed by atoms with Crippen LogP contribution < -0.4 is 5.32 Å². The number of thioether (sulfide) groups is 1. The fourth-order valence-electron chi connectivity index (χ4n) is 1.22. The van der Waals surface area contributed by atoms with Gasteiger partial charge >= 0.3 is 0 Å². The molecule has 0 saturated heterocycles. The van der Waals surface area contributed by atoms with Gasteiger partial charge in [-0.15, -0.1) is 11.8 Å². The minimum absolute atomic E-state index is 0.143. The number of nitrogens with one attached hydrogen (secondary N) is 1. The zero-order valence-corrected chi connectivity index (χ0v) is 10.8. The van der Waals surface area contributed by atoms with Crippen molar-refractivity contribution >= 4 is 17.7 Å². The van der Waals surface area contributed by atoms with E-state index in [1.807, 2.05) is 19.2 Å². The van der Waals surface area contributed by atoms with Gasteiger partial charge in [0, 0.05) is 25.5 Å². The molecule has 0 fully saturated rings. The molecule has 0 spiro atoms. The highest BCUT2D eigenvalue weighted by Crippen LogP contribution is 2.19. The number of carbonyl (C=O) groups excluding carboxylic acids is 1. The van der Waals surface area contributed by atoms with Crippen LogP contribution in [-0.2, 0) is 11.3 Å². The van der Waals surface area contributed by atoms with Gasteiger partial charge in [0.05, 0.1) is 5.75 Å². The van der Waals surface area contributed by atoms with E-state index >= 15 is 0 Å². The highest BCUT2D eigenvalue weighted by molar-refractivity contribution is 8.00. The third-order valence-corrected chi connectivity index (χ3v) is 3.12. The average Bonchev–Trinajstić information content (AvgIpc) is 2.26. The molecule has 88 valence electrons. The predicted octanol–water partition coefficient (Wildman–Crippen LogP) is 1.59. The number of rotatable bonds is 5. The van der Waals surface area contributed by atoms with Crippen LogP contribution in [0.15, 0.2) is 29.2 Å². The van der Waals surface area contributed by atoms with E-state index in [1.165, 1.54) is 5.56 Å². The van der Waals surface area contributed by atoms with Gasteiger partial charge in [0.2, 0.25) is 5.91 Å². The first-order valence-electron chi connectivity index (χ1n) is 5.20. The van der Waals surface area contributed by atoms with Gasteiger partial charge in [0.15, 0.2) is 0 Å². The molecular weight excluding hydrogens is 220 g/mol. The Morgan fingerprint density at radius 3 is 2.81 bits per heavy atom. The topological polar surface area (TPSA) is 32.3 Å². The second kappa shape index (κ2) is 6.55. The summed E-state index contributed by atoms with van der Waals surface area (Å²) in [4.78, 5) is 14.2. The maximum atomic E-state index is 11.4. The van der Waals surface area contributed by atoms with E-state index in [4.69, 9.17) is 0 Å². The summed E-state index contributed by atoms with van der Waals surface area (Å²) in [6, 6.07) is 8.25. The summed E-state index contributed by atoms with van der Waals surface area (Å²) in [5, 5.41) is 3.11. The third kappa shape index (κ3) is 4.24. The number of nitrogens with zero attached hydrogens (tertiary/aromatic N) is 1. The molecule has 16 heavy (non-hydrogen) atoms. The van der Waals surface area contributed by atoms with Crippen LogP contribution in [0.25, 0.3) is 0 Å². The third-order valence-electron chi connectivity index (χ3n) is 2.14. The molecule has 1 N–H and O–H groups in total. The number of benzene rings is 1. The van der Waals surface area contributed by atoms with Crippen molar-refractivity contribution in [2.45, 2.75) is 11.4 Å². The summed E-state index contributed by atoms with van der Waals surface area (Å²) < 4.78 is 0. The highest BCUT2D eigenvalue weighted by Gasteiger charge is 2.04. The number of hydrogen-bond donors (Lipinski definition) is 1. The van der Waals surface area contributed by atoms with E-state index in [1.54, 1.807) is 30.8 Å². The van der Waals surface area contributed by atoms with Crippen LogP contribution in [0.3, 0.4) is 0 Å². The monoisotopic (exact) mass is 238 g/mol. The van der Waals surface area contributed by atoms with Crippen molar-refractivity contribution in [2.75, 3.05) is 26.9 Å². The second-order valence-electron chi connectivity index (χ2n) is 3.75. The standard InChI is InChI=1S/C12H18N2OS/c1-13-8-10-5-4-6-11(7-10)16-9-12(15)14(2)3/h4-7,13H,8-9H2,1-3H3. The predicted molar refractivity (Wildman–Crippen MR) is 68.6 cm³/mol. The summed E-state index contributed by atoms with van der Waals surface area (Å²) in [5.74, 6) is 0.639. The van der Waals surface area contributed by atoms with Crippen molar-refractivity contribution in [1.29, 1.82) is 0 Å². The van der Waals surface area contributed by atoms with E-state index < -0.39 is 0 Å². The van der Waals surface area contributed by atoms with E-state index in [-0.39, 0.29) is 5.91 Å². The van der Waals surface area contributed by atoms with Gasteiger partial charge < -0.3 is 10.2 Å². The lowest BCUT2D eigenvalue weighted by Crippen LogP contribution is -2.23. The van der Waals surface area contributed by atoms with Crippen LogP contribution in [0.2, 0.25) is 0 Å². The lowest BCUT2D eigenvalue weighted by atomic mass is 10.2. The van der Waals surface area contributed by atoms with Crippen molar-refractivity contribution in [3.05, 3.63) is 29.8 Å². The Morgan fingerprint density at radius 2 is 2.19 bits per heavy atom. The van der Waals surface area contributed by atoms with Crippen LogP contribution >= 0.6 is 11.8 Å². The molecule has 0 radical (unpaired) electrons. The van der Waals surface area contributed by atoms with E-state index in [0.717, 1.165) is 11.4 Å². The van der Waals surface area contributed by atoms with Crippen molar-refractivity contribution in [3.63, 3.8) is 0 Å². The Kier molecular flexibility index (Phi) is 5.35. The molecule has 3 nitrogen and oxygen atoms in total. The van der Waals surface area contributed by atoms with Gasteiger partial charge in [0.25, 0.3) is 0 Å². The zero-order valence-electron chi connectivity index (χ0n) is 9.99. The fraction of sp³-hybridized carbons (Fsp3) is 0.417. The molecule has 0 unspecified atom stereocenters. The summed E-state index contributed by atoms with van der Waals surface area (Å²) in [7, 11) is 5.48. The zero-order chi connectivity index (χ0) is 12.0. The lowest BCUT2D eigenvalue weighted by molar-refractivity contribution is -0.125. The van der Waals surface area contributed by atoms with Crippen molar-refractivity contribution in [2.24, 2.45) is 0 Å². The minimum Gasteiger partial charge on any atom is -0.348 e. The van der Waals surface area contributed by atoms with Crippen molar-refractivity contribution < 1.29 is 4.79 Å². The quantitative estimate of drug-likeness (QED) is 0.791. The van der Waals surface area contributed by atoms with E-state index in [9.17, 15) is 4.79 Å². The van der Waals surface area contributed by atoms with Gasteiger partial charge in [-0.3, -0.25) is 4.79 Å². The van der Waals surface area contributed by atoms with Crippen molar-refractivity contribution in [3.8, 4) is 0 Å². The number of hydrogen-bond acceptors (Lipinski definition) is 3. The molecule has 0 aliphatic heterocycles. The van der Waals surface area contributed by atoms with Gasteiger partial charge in [-0.25, -0.2) is 0 Å². The molecule has 4 heteroatoms. The maximum absolute atomic E-state index is 11.4. The lowest BCUT2D eigenvalue weighted by Gasteiger charge is -2.10. The molecule has 0 aliphatic carbocycles. The van der Waals surface area contributed by atoms with Crippen LogP contribution in [-0.4, -0.2) is 37.7 Å². The molecule has 1 aromatic rings. The Morgan fingerprint density at radius 1 is 1.44 bits per heavy atom. The Hall–Kier alpha value is -1.00. The van der Waals surface area contributed by atoms with E-state index in [0.29, 0.717) is 5.75 Å². The molecule has 0 bridgehead atoms. The van der Waals surface area contributed by atoms with Gasteiger partial charge in [-0.2, -0.15) is 0 Å². The van der Waals surface area contributed by atoms with Crippen LogP contribution in [0.5, 0.6) is 0 Å². The molecule has 0 aliphatic rings. The first-order chi connectivity index (χ1) is 7.63. The van der Waals surface area contributed by atoms with Gasteiger partial charge in [0.1, 0.15) is 0 Å². The van der Waals surface area contributed by atoms with Crippen LogP contribution in [0.4, 0.5) is 0 Å². The molecule has 0 heterocycles. The molecule has 0 saturated carbocycles. The van der Waals surface area contributed by atoms with Crippen molar-refractivity contribution in [1.82, 2.24) is 10.2 Å².